The van der Waals surface area contributed by atoms with Gasteiger partial charge in [0.05, 0.1) is 16.6 Å². The highest BCUT2D eigenvalue weighted by molar-refractivity contribution is 6.10. The monoisotopic (exact) mass is 717 g/mol. The first-order valence-electron chi connectivity index (χ1n) is 19.2. The van der Waals surface area contributed by atoms with E-state index in [-0.39, 0.29) is 0 Å². The highest BCUT2D eigenvalue weighted by Crippen LogP contribution is 2.39. The predicted molar refractivity (Wildman–Crippen MR) is 230 cm³/mol. The van der Waals surface area contributed by atoms with Gasteiger partial charge in [0.2, 0.25) is 0 Å². The number of aromatic nitrogens is 5. The fourth-order valence-corrected chi connectivity index (χ4v) is 8.40. The van der Waals surface area contributed by atoms with E-state index in [2.05, 4.69) is 137 Å². The first-order valence-corrected chi connectivity index (χ1v) is 19.2. The van der Waals surface area contributed by atoms with E-state index in [1.54, 1.807) is 0 Å². The Hall–Kier alpha value is -7.37. The zero-order chi connectivity index (χ0) is 37.0. The Morgan fingerprint density at radius 1 is 0.375 bits per heavy atom. The summed E-state index contributed by atoms with van der Waals surface area (Å²) >= 11 is 0. The Bertz CT molecular complexity index is 3050. The number of benzene rings is 7. The summed E-state index contributed by atoms with van der Waals surface area (Å²) in [5.74, 6) is 1.95. The van der Waals surface area contributed by atoms with Crippen LogP contribution in [-0.4, -0.2) is 24.1 Å². The van der Waals surface area contributed by atoms with Crippen LogP contribution in [0.25, 0.3) is 95.5 Å². The topological polar surface area (TPSA) is 48.5 Å². The summed E-state index contributed by atoms with van der Waals surface area (Å²) in [7, 11) is 0. The maximum atomic E-state index is 4.96. The summed E-state index contributed by atoms with van der Waals surface area (Å²) < 4.78 is 4.83. The van der Waals surface area contributed by atoms with Gasteiger partial charge in [-0.15, -0.1) is 0 Å². The molecular formula is C51H35N5. The molecule has 0 N–H and O–H groups in total. The Morgan fingerprint density at radius 3 is 1.61 bits per heavy atom. The largest absolute Gasteiger partial charge is 0.313 e. The van der Waals surface area contributed by atoms with Gasteiger partial charge in [0.15, 0.2) is 17.5 Å². The second-order valence-electron chi connectivity index (χ2n) is 14.4. The SMILES string of the molecule is C1=Cc2c(n(-c3ccccc3)c3cc(-c4ccc5c(c4)c4ccccc4n5-c4ccc(-c5nc(-c6ccccc6)nc(-c6ccccc6)n5)cc4)ccc23)CC1. The molecule has 0 bridgehead atoms. The lowest BCUT2D eigenvalue weighted by Crippen LogP contribution is -2.02. The fourth-order valence-electron chi connectivity index (χ4n) is 8.40. The van der Waals surface area contributed by atoms with Crippen LogP contribution >= 0.6 is 0 Å². The molecule has 1 aliphatic carbocycles. The van der Waals surface area contributed by atoms with Gasteiger partial charge in [-0.2, -0.15) is 0 Å². The average molecular weight is 718 g/mol. The third-order valence-corrected chi connectivity index (χ3v) is 11.0. The molecule has 10 aromatic rings. The van der Waals surface area contributed by atoms with Crippen LogP contribution < -0.4 is 0 Å². The highest BCUT2D eigenvalue weighted by atomic mass is 15.0. The molecule has 5 nitrogen and oxygen atoms in total. The molecule has 0 atom stereocenters. The Morgan fingerprint density at radius 2 is 0.911 bits per heavy atom. The molecule has 3 aromatic heterocycles. The van der Waals surface area contributed by atoms with Crippen molar-refractivity contribution in [3.8, 4) is 56.7 Å². The van der Waals surface area contributed by atoms with Crippen molar-refractivity contribution in [3.05, 3.63) is 193 Å². The zero-order valence-electron chi connectivity index (χ0n) is 30.5. The molecule has 7 aromatic carbocycles. The van der Waals surface area contributed by atoms with Gasteiger partial charge in [0.1, 0.15) is 0 Å². The van der Waals surface area contributed by atoms with Crippen molar-refractivity contribution in [2.75, 3.05) is 0 Å². The second-order valence-corrected chi connectivity index (χ2v) is 14.4. The minimum atomic E-state index is 0.642. The molecule has 264 valence electrons. The van der Waals surface area contributed by atoms with Gasteiger partial charge in [0, 0.05) is 55.5 Å². The third-order valence-electron chi connectivity index (χ3n) is 11.0. The number of allylic oxidation sites excluding steroid dienone is 1. The summed E-state index contributed by atoms with van der Waals surface area (Å²) in [5.41, 5.74) is 13.8. The molecule has 0 saturated heterocycles. The summed E-state index contributed by atoms with van der Waals surface area (Å²) in [6.07, 6.45) is 6.71. The maximum absolute atomic E-state index is 4.96. The first-order chi connectivity index (χ1) is 27.8. The van der Waals surface area contributed by atoms with E-state index in [1.165, 1.54) is 49.7 Å². The molecular weight excluding hydrogens is 683 g/mol. The van der Waals surface area contributed by atoms with Crippen LogP contribution in [0.1, 0.15) is 17.7 Å². The molecule has 0 saturated carbocycles. The minimum Gasteiger partial charge on any atom is -0.313 e. The van der Waals surface area contributed by atoms with Gasteiger partial charge in [-0.05, 0) is 84.6 Å². The van der Waals surface area contributed by atoms with E-state index in [0.29, 0.717) is 17.5 Å². The number of hydrogen-bond donors (Lipinski definition) is 0. The molecule has 0 amide bonds. The van der Waals surface area contributed by atoms with E-state index in [0.717, 1.165) is 46.3 Å². The Balaban J connectivity index is 1.01. The van der Waals surface area contributed by atoms with Crippen LogP contribution in [0.3, 0.4) is 0 Å². The summed E-state index contributed by atoms with van der Waals surface area (Å²) in [6, 6.07) is 62.1. The van der Waals surface area contributed by atoms with E-state index in [1.807, 2.05) is 60.7 Å². The zero-order valence-corrected chi connectivity index (χ0v) is 30.5. The van der Waals surface area contributed by atoms with Crippen molar-refractivity contribution >= 4 is 38.8 Å². The van der Waals surface area contributed by atoms with E-state index in [4.69, 9.17) is 15.0 Å². The molecule has 5 heteroatoms. The molecule has 0 unspecified atom stereocenters. The van der Waals surface area contributed by atoms with Crippen LogP contribution in [0.4, 0.5) is 0 Å². The predicted octanol–water partition coefficient (Wildman–Crippen LogP) is 12.5. The summed E-state index contributed by atoms with van der Waals surface area (Å²) in [6.45, 7) is 0. The van der Waals surface area contributed by atoms with Crippen LogP contribution in [0.5, 0.6) is 0 Å². The van der Waals surface area contributed by atoms with Gasteiger partial charge in [-0.1, -0.05) is 127 Å². The van der Waals surface area contributed by atoms with Crippen molar-refractivity contribution in [1.29, 1.82) is 0 Å². The van der Waals surface area contributed by atoms with Crippen LogP contribution in [0, 0.1) is 0 Å². The smallest absolute Gasteiger partial charge is 0.164 e. The van der Waals surface area contributed by atoms with E-state index in [9.17, 15) is 0 Å². The third kappa shape index (κ3) is 5.36. The van der Waals surface area contributed by atoms with Crippen molar-refractivity contribution in [2.45, 2.75) is 12.8 Å². The van der Waals surface area contributed by atoms with E-state index >= 15 is 0 Å². The number of rotatable bonds is 6. The average Bonchev–Trinajstić information content (AvgIpc) is 3.79. The molecule has 0 aliphatic heterocycles. The van der Waals surface area contributed by atoms with Gasteiger partial charge in [-0.25, -0.2) is 15.0 Å². The van der Waals surface area contributed by atoms with Crippen LogP contribution in [0.2, 0.25) is 0 Å². The fraction of sp³-hybridized carbons (Fsp3) is 0.0392. The number of nitrogens with zero attached hydrogens (tertiary/aromatic N) is 5. The quantitative estimate of drug-likeness (QED) is 0.172. The lowest BCUT2D eigenvalue weighted by Gasteiger charge is -2.13. The van der Waals surface area contributed by atoms with Crippen molar-refractivity contribution in [1.82, 2.24) is 24.1 Å². The van der Waals surface area contributed by atoms with Crippen molar-refractivity contribution in [2.24, 2.45) is 0 Å². The van der Waals surface area contributed by atoms with Crippen molar-refractivity contribution in [3.63, 3.8) is 0 Å². The van der Waals surface area contributed by atoms with E-state index < -0.39 is 0 Å². The lowest BCUT2D eigenvalue weighted by molar-refractivity contribution is 0.888. The molecule has 0 radical (unpaired) electrons. The minimum absolute atomic E-state index is 0.642. The molecule has 11 rings (SSSR count). The molecule has 1 aliphatic rings. The summed E-state index contributed by atoms with van der Waals surface area (Å²) in [5, 5.41) is 3.75. The molecule has 0 spiro atoms. The molecule has 56 heavy (non-hydrogen) atoms. The normalized spacial score (nSPS) is 12.4. The number of para-hydroxylation sites is 2. The van der Waals surface area contributed by atoms with Gasteiger partial charge in [-0.3, -0.25) is 0 Å². The van der Waals surface area contributed by atoms with Gasteiger partial charge in [0.25, 0.3) is 0 Å². The van der Waals surface area contributed by atoms with Crippen molar-refractivity contribution < 1.29 is 0 Å². The number of hydrogen-bond acceptors (Lipinski definition) is 3. The maximum Gasteiger partial charge on any atom is 0.164 e. The Kier molecular flexibility index (Phi) is 7.56. The number of fused-ring (bicyclic) bond motifs is 6. The Labute approximate surface area is 324 Å². The van der Waals surface area contributed by atoms with Gasteiger partial charge >= 0.3 is 0 Å². The lowest BCUT2D eigenvalue weighted by atomic mass is 9.99. The molecule has 3 heterocycles. The van der Waals surface area contributed by atoms with Gasteiger partial charge < -0.3 is 9.13 Å². The van der Waals surface area contributed by atoms with Crippen LogP contribution in [0.15, 0.2) is 182 Å². The standard InChI is InChI=1S/C51H35N5/c1-4-14-34(15-5-1)49-52-50(35-16-6-2-7-17-35)54-51(53-49)36-24-28-40(29-25-36)55-46-23-13-11-21-42(46)44-32-37(27-31-47(44)55)38-26-30-43-41-20-10-12-22-45(41)56(48(43)33-38)39-18-8-3-9-19-39/h1-11,13-21,23-33H,12,22H2. The molecule has 0 fully saturated rings. The second kappa shape index (κ2) is 13.2. The first kappa shape index (κ1) is 32.1. The summed E-state index contributed by atoms with van der Waals surface area (Å²) in [4.78, 5) is 14.8. The van der Waals surface area contributed by atoms with Crippen LogP contribution in [-0.2, 0) is 6.42 Å². The highest BCUT2D eigenvalue weighted by Gasteiger charge is 2.20.